The Morgan fingerprint density at radius 1 is 1.41 bits per heavy atom. The number of carbonyl (C=O) groups excluding carboxylic acids is 1. The summed E-state index contributed by atoms with van der Waals surface area (Å²) in [5.41, 5.74) is 0.661. The summed E-state index contributed by atoms with van der Waals surface area (Å²) < 4.78 is 0. The summed E-state index contributed by atoms with van der Waals surface area (Å²) in [4.78, 5) is 19.9. The zero-order chi connectivity index (χ0) is 12.1. The van der Waals surface area contributed by atoms with E-state index < -0.39 is 0 Å². The summed E-state index contributed by atoms with van der Waals surface area (Å²) >= 11 is 1.65. The van der Waals surface area contributed by atoms with Crippen LogP contribution in [0.3, 0.4) is 0 Å². The molecule has 4 nitrogen and oxygen atoms in total. The molecule has 0 aliphatic rings. The molecule has 0 saturated carbocycles. The van der Waals surface area contributed by atoms with Gasteiger partial charge in [0.1, 0.15) is 5.82 Å². The largest absolute Gasteiger partial charge is 0.347 e. The van der Waals surface area contributed by atoms with Crippen LogP contribution in [-0.2, 0) is 6.54 Å². The molecule has 1 amide bonds. The number of hydrogen-bond donors (Lipinski definition) is 2. The van der Waals surface area contributed by atoms with E-state index in [4.69, 9.17) is 0 Å². The van der Waals surface area contributed by atoms with Gasteiger partial charge in [0.15, 0.2) is 0 Å². The summed E-state index contributed by atoms with van der Waals surface area (Å²) in [5.74, 6) is 0.660. The highest BCUT2D eigenvalue weighted by atomic mass is 32.2. The van der Waals surface area contributed by atoms with Crippen molar-refractivity contribution in [1.29, 1.82) is 0 Å². The highest BCUT2D eigenvalue weighted by Gasteiger charge is 2.05. The SMILES string of the molecule is CSc1ccc(C(=O)NCc2ncc[nH]2)cc1. The fraction of sp³-hybridized carbons (Fsp3) is 0.167. The van der Waals surface area contributed by atoms with Gasteiger partial charge in [-0.25, -0.2) is 4.98 Å². The van der Waals surface area contributed by atoms with Crippen molar-refractivity contribution in [2.24, 2.45) is 0 Å². The van der Waals surface area contributed by atoms with Crippen LogP contribution in [0.5, 0.6) is 0 Å². The number of imidazole rings is 1. The first-order chi connectivity index (χ1) is 8.29. The fourth-order valence-corrected chi connectivity index (χ4v) is 1.81. The molecule has 1 heterocycles. The quantitative estimate of drug-likeness (QED) is 0.813. The highest BCUT2D eigenvalue weighted by molar-refractivity contribution is 7.98. The number of aromatic nitrogens is 2. The zero-order valence-corrected chi connectivity index (χ0v) is 10.3. The monoisotopic (exact) mass is 247 g/mol. The first-order valence-electron chi connectivity index (χ1n) is 5.20. The van der Waals surface area contributed by atoms with E-state index in [2.05, 4.69) is 15.3 Å². The molecule has 1 aromatic carbocycles. The minimum atomic E-state index is -0.0888. The molecule has 0 aliphatic carbocycles. The lowest BCUT2D eigenvalue weighted by Crippen LogP contribution is -2.23. The van der Waals surface area contributed by atoms with E-state index in [1.54, 1.807) is 24.2 Å². The standard InChI is InChI=1S/C12H13N3OS/c1-17-10-4-2-9(3-5-10)12(16)15-8-11-13-6-7-14-11/h2-7H,8H2,1H3,(H,13,14)(H,15,16). The second-order valence-corrected chi connectivity index (χ2v) is 4.33. The van der Waals surface area contributed by atoms with Crippen LogP contribution in [0.2, 0.25) is 0 Å². The molecule has 5 heteroatoms. The van der Waals surface area contributed by atoms with Gasteiger partial charge >= 0.3 is 0 Å². The van der Waals surface area contributed by atoms with Crippen LogP contribution in [0.1, 0.15) is 16.2 Å². The van der Waals surface area contributed by atoms with Crippen LogP contribution in [0.25, 0.3) is 0 Å². The molecule has 0 spiro atoms. The van der Waals surface area contributed by atoms with Gasteiger partial charge in [-0.3, -0.25) is 4.79 Å². The average molecular weight is 247 g/mol. The van der Waals surface area contributed by atoms with E-state index in [0.29, 0.717) is 12.1 Å². The van der Waals surface area contributed by atoms with Crippen LogP contribution in [0.4, 0.5) is 0 Å². The van der Waals surface area contributed by atoms with Crippen molar-refractivity contribution in [2.75, 3.05) is 6.26 Å². The van der Waals surface area contributed by atoms with E-state index in [1.165, 1.54) is 0 Å². The number of benzene rings is 1. The van der Waals surface area contributed by atoms with Crippen molar-refractivity contribution >= 4 is 17.7 Å². The second-order valence-electron chi connectivity index (χ2n) is 3.45. The number of nitrogens with one attached hydrogen (secondary N) is 2. The smallest absolute Gasteiger partial charge is 0.251 e. The maximum Gasteiger partial charge on any atom is 0.251 e. The Morgan fingerprint density at radius 2 is 2.18 bits per heavy atom. The van der Waals surface area contributed by atoms with E-state index in [-0.39, 0.29) is 5.91 Å². The minimum absolute atomic E-state index is 0.0888. The van der Waals surface area contributed by atoms with Gasteiger partial charge in [0.2, 0.25) is 0 Å². The molecule has 88 valence electrons. The van der Waals surface area contributed by atoms with Crippen molar-refractivity contribution in [2.45, 2.75) is 11.4 Å². The maximum atomic E-state index is 11.8. The Balaban J connectivity index is 1.95. The summed E-state index contributed by atoms with van der Waals surface area (Å²) in [6.07, 6.45) is 5.40. The van der Waals surface area contributed by atoms with Crippen LogP contribution in [-0.4, -0.2) is 22.1 Å². The second kappa shape index (κ2) is 5.54. The molecule has 1 aromatic heterocycles. The molecule has 0 atom stereocenters. The zero-order valence-electron chi connectivity index (χ0n) is 9.43. The molecule has 0 unspecified atom stereocenters. The molecule has 0 radical (unpaired) electrons. The number of H-pyrrole nitrogens is 1. The number of nitrogens with zero attached hydrogens (tertiary/aromatic N) is 1. The average Bonchev–Trinajstić information content (AvgIpc) is 2.89. The Kier molecular flexibility index (Phi) is 3.82. The molecular weight excluding hydrogens is 234 g/mol. The van der Waals surface area contributed by atoms with Gasteiger partial charge in [-0.1, -0.05) is 0 Å². The molecule has 2 aromatic rings. The Bertz CT molecular complexity index is 479. The van der Waals surface area contributed by atoms with Gasteiger partial charge in [0, 0.05) is 22.9 Å². The van der Waals surface area contributed by atoms with Gasteiger partial charge < -0.3 is 10.3 Å². The molecule has 0 bridgehead atoms. The Morgan fingerprint density at radius 3 is 2.76 bits per heavy atom. The first-order valence-corrected chi connectivity index (χ1v) is 6.42. The van der Waals surface area contributed by atoms with Crippen LogP contribution >= 0.6 is 11.8 Å². The van der Waals surface area contributed by atoms with E-state index in [9.17, 15) is 4.79 Å². The normalized spacial score (nSPS) is 10.2. The Labute approximate surface area is 104 Å². The molecule has 2 rings (SSSR count). The molecule has 0 aliphatic heterocycles. The summed E-state index contributed by atoms with van der Waals surface area (Å²) in [7, 11) is 0. The van der Waals surface area contributed by atoms with E-state index in [1.807, 2.05) is 30.5 Å². The molecule has 0 saturated heterocycles. The summed E-state index contributed by atoms with van der Waals surface area (Å²) in [6.45, 7) is 0.413. The lowest BCUT2D eigenvalue weighted by atomic mass is 10.2. The number of carbonyl (C=O) groups is 1. The van der Waals surface area contributed by atoms with Gasteiger partial charge in [0.25, 0.3) is 5.91 Å². The van der Waals surface area contributed by atoms with Gasteiger partial charge in [-0.05, 0) is 30.5 Å². The molecule has 2 N–H and O–H groups in total. The van der Waals surface area contributed by atoms with Crippen LogP contribution < -0.4 is 5.32 Å². The van der Waals surface area contributed by atoms with Crippen LogP contribution in [0, 0.1) is 0 Å². The summed E-state index contributed by atoms with van der Waals surface area (Å²) in [6, 6.07) is 7.52. The van der Waals surface area contributed by atoms with Gasteiger partial charge in [0.05, 0.1) is 6.54 Å². The number of aromatic amines is 1. The predicted molar refractivity (Wildman–Crippen MR) is 68.0 cm³/mol. The lowest BCUT2D eigenvalue weighted by molar-refractivity contribution is 0.0950. The predicted octanol–water partition coefficient (Wildman–Crippen LogP) is 2.06. The fourth-order valence-electron chi connectivity index (χ4n) is 1.40. The lowest BCUT2D eigenvalue weighted by Gasteiger charge is -2.04. The van der Waals surface area contributed by atoms with E-state index >= 15 is 0 Å². The van der Waals surface area contributed by atoms with E-state index in [0.717, 1.165) is 10.7 Å². The summed E-state index contributed by atoms with van der Waals surface area (Å²) in [5, 5.41) is 2.80. The minimum Gasteiger partial charge on any atom is -0.347 e. The van der Waals surface area contributed by atoms with Crippen molar-refractivity contribution in [3.8, 4) is 0 Å². The van der Waals surface area contributed by atoms with Crippen molar-refractivity contribution < 1.29 is 4.79 Å². The topological polar surface area (TPSA) is 57.8 Å². The van der Waals surface area contributed by atoms with Crippen LogP contribution in [0.15, 0.2) is 41.6 Å². The maximum absolute atomic E-state index is 11.8. The molecular formula is C12H13N3OS. The van der Waals surface area contributed by atoms with Gasteiger partial charge in [-0.15, -0.1) is 11.8 Å². The highest BCUT2D eigenvalue weighted by Crippen LogP contribution is 2.14. The third-order valence-corrected chi connectivity index (χ3v) is 3.07. The molecule has 17 heavy (non-hydrogen) atoms. The number of thioether (sulfide) groups is 1. The first kappa shape index (κ1) is 11.7. The number of amides is 1. The number of rotatable bonds is 4. The number of hydrogen-bond acceptors (Lipinski definition) is 3. The third-order valence-electron chi connectivity index (χ3n) is 2.32. The van der Waals surface area contributed by atoms with Crippen molar-refractivity contribution in [1.82, 2.24) is 15.3 Å². The third kappa shape index (κ3) is 3.10. The van der Waals surface area contributed by atoms with Gasteiger partial charge in [-0.2, -0.15) is 0 Å². The molecule has 0 fully saturated rings. The van der Waals surface area contributed by atoms with Crippen molar-refractivity contribution in [3.63, 3.8) is 0 Å². The Hall–Kier alpha value is -1.75. The van der Waals surface area contributed by atoms with Crippen molar-refractivity contribution in [3.05, 3.63) is 48.0 Å².